The van der Waals surface area contributed by atoms with Crippen molar-refractivity contribution in [2.45, 2.75) is 19.3 Å². The number of para-hydroxylation sites is 1. The Labute approximate surface area is 223 Å². The Bertz CT molecular complexity index is 1810. The summed E-state index contributed by atoms with van der Waals surface area (Å²) < 4.78 is 14.4. The van der Waals surface area contributed by atoms with Crippen LogP contribution in [0.1, 0.15) is 50.6 Å². The molecule has 0 radical (unpaired) electrons. The first kappa shape index (κ1) is 22.8. The summed E-state index contributed by atoms with van der Waals surface area (Å²) in [4.78, 5) is 29.5. The van der Waals surface area contributed by atoms with E-state index in [0.717, 1.165) is 43.2 Å². The van der Waals surface area contributed by atoms with Crippen LogP contribution in [0, 0.1) is 5.82 Å². The van der Waals surface area contributed by atoms with Crippen LogP contribution in [0.5, 0.6) is 0 Å². The van der Waals surface area contributed by atoms with Gasteiger partial charge in [0.05, 0.1) is 16.9 Å². The average Bonchev–Trinajstić information content (AvgIpc) is 3.47. The number of anilines is 3. The minimum absolute atomic E-state index is 0.186. The van der Waals surface area contributed by atoms with Gasteiger partial charge in [-0.1, -0.05) is 56.3 Å². The van der Waals surface area contributed by atoms with Gasteiger partial charge < -0.3 is 4.90 Å². The fourth-order valence-electron chi connectivity index (χ4n) is 5.74. The predicted molar refractivity (Wildman–Crippen MR) is 152 cm³/mol. The molecule has 3 nitrogen and oxygen atoms in total. The molecule has 0 saturated carbocycles. The van der Waals surface area contributed by atoms with Crippen LogP contribution in [0.2, 0.25) is 0 Å². The fraction of sp³-hybridized carbons (Fsp3) is 0.0909. The minimum atomic E-state index is -0.370. The van der Waals surface area contributed by atoms with Gasteiger partial charge in [-0.3, -0.25) is 9.59 Å². The van der Waals surface area contributed by atoms with Gasteiger partial charge in [-0.25, -0.2) is 4.39 Å². The highest BCUT2D eigenvalue weighted by atomic mass is 32.1. The molecule has 5 heteroatoms. The summed E-state index contributed by atoms with van der Waals surface area (Å²) in [6.07, 6.45) is 1.70. The van der Waals surface area contributed by atoms with Gasteiger partial charge in [0.25, 0.3) is 0 Å². The van der Waals surface area contributed by atoms with Crippen LogP contribution in [0.15, 0.2) is 96.6 Å². The molecule has 0 saturated heterocycles. The van der Waals surface area contributed by atoms with E-state index in [4.69, 9.17) is 0 Å². The smallest absolute Gasteiger partial charge is 0.197 e. The maximum atomic E-state index is 14.4. The van der Waals surface area contributed by atoms with Crippen molar-refractivity contribution in [2.24, 2.45) is 0 Å². The number of fused-ring (bicyclic) bond motifs is 4. The predicted octanol–water partition coefficient (Wildman–Crippen LogP) is 8.61. The molecule has 4 aromatic carbocycles. The normalized spacial score (nSPS) is 15.4. The number of carbonyl (C=O) groups excluding carboxylic acids is 2. The van der Waals surface area contributed by atoms with Crippen molar-refractivity contribution >= 4 is 56.1 Å². The van der Waals surface area contributed by atoms with Crippen molar-refractivity contribution in [1.82, 2.24) is 0 Å². The summed E-state index contributed by atoms with van der Waals surface area (Å²) in [7, 11) is 0. The second-order valence-electron chi connectivity index (χ2n) is 10.3. The van der Waals surface area contributed by atoms with Crippen molar-refractivity contribution in [3.05, 3.63) is 130 Å². The van der Waals surface area contributed by atoms with Crippen LogP contribution >= 0.6 is 11.3 Å². The van der Waals surface area contributed by atoms with E-state index in [-0.39, 0.29) is 28.4 Å². The number of halogens is 1. The fourth-order valence-corrected chi connectivity index (χ4v) is 6.71. The third kappa shape index (κ3) is 3.25. The molecule has 0 bridgehead atoms. The topological polar surface area (TPSA) is 37.4 Å². The molecule has 0 atom stereocenters. The molecule has 0 N–H and O–H groups in total. The number of hydrogen-bond donors (Lipinski definition) is 0. The Morgan fingerprint density at radius 2 is 1.37 bits per heavy atom. The molecule has 2 aliphatic rings. The average molecular weight is 516 g/mol. The highest BCUT2D eigenvalue weighted by Gasteiger charge is 2.38. The van der Waals surface area contributed by atoms with Crippen LogP contribution in [0.4, 0.5) is 20.8 Å². The zero-order valence-corrected chi connectivity index (χ0v) is 21.6. The minimum Gasteiger partial charge on any atom is -0.301 e. The lowest BCUT2D eigenvalue weighted by atomic mass is 9.73. The molecule has 38 heavy (non-hydrogen) atoms. The van der Waals surface area contributed by atoms with Crippen molar-refractivity contribution in [3.63, 3.8) is 0 Å². The molecule has 1 aromatic heterocycles. The summed E-state index contributed by atoms with van der Waals surface area (Å²) in [5.74, 6) is -0.744. The lowest BCUT2D eigenvalue weighted by molar-refractivity contribution is 0.0990. The molecule has 0 spiro atoms. The van der Waals surface area contributed by atoms with Crippen LogP contribution in [0.3, 0.4) is 0 Å². The molecular weight excluding hydrogens is 493 g/mol. The third-order valence-electron chi connectivity index (χ3n) is 7.68. The van der Waals surface area contributed by atoms with Crippen molar-refractivity contribution in [3.8, 4) is 0 Å². The number of nitrogens with zero attached hydrogens (tertiary/aromatic N) is 1. The summed E-state index contributed by atoms with van der Waals surface area (Å²) in [6, 6.07) is 28.4. The Balaban J connectivity index is 1.32. The Hall–Kier alpha value is -4.35. The molecule has 0 fully saturated rings. The molecular formula is C33H22FNO2S. The van der Waals surface area contributed by atoms with E-state index >= 15 is 0 Å². The van der Waals surface area contributed by atoms with Crippen LogP contribution in [-0.2, 0) is 5.41 Å². The molecule has 0 amide bonds. The number of allylic oxidation sites excluding steroid dienone is 1. The Morgan fingerprint density at radius 1 is 0.737 bits per heavy atom. The summed E-state index contributed by atoms with van der Waals surface area (Å²) >= 11 is 1.49. The zero-order valence-electron chi connectivity index (χ0n) is 20.8. The van der Waals surface area contributed by atoms with Gasteiger partial charge in [-0.15, -0.1) is 11.3 Å². The SMILES string of the molecule is CC1(C)c2ccccc2N(c2ccc(C=C3C(=O)c4cc5ccccc5cc4C3=O)s2)c2ccc(F)cc21. The van der Waals surface area contributed by atoms with Crippen molar-refractivity contribution < 1.29 is 14.0 Å². The number of thiophene rings is 1. The maximum Gasteiger partial charge on any atom is 0.197 e. The lowest BCUT2D eigenvalue weighted by Crippen LogP contribution is -2.30. The van der Waals surface area contributed by atoms with Gasteiger partial charge in [-0.05, 0) is 76.5 Å². The monoisotopic (exact) mass is 515 g/mol. The molecule has 0 unspecified atom stereocenters. The number of carbonyl (C=O) groups is 2. The van der Waals surface area contributed by atoms with E-state index in [1.54, 1.807) is 12.1 Å². The second kappa shape index (κ2) is 8.07. The first-order chi connectivity index (χ1) is 18.3. The highest BCUT2D eigenvalue weighted by molar-refractivity contribution is 7.17. The first-order valence-corrected chi connectivity index (χ1v) is 13.3. The molecule has 5 aromatic rings. The van der Waals surface area contributed by atoms with Gasteiger partial charge in [0.2, 0.25) is 0 Å². The second-order valence-corrected chi connectivity index (χ2v) is 11.4. The summed E-state index contributed by atoms with van der Waals surface area (Å²) in [5, 5.41) is 2.80. The van der Waals surface area contributed by atoms with E-state index in [2.05, 4.69) is 30.9 Å². The molecule has 2 heterocycles. The standard InChI is InChI=1S/C33H22FNO2S/c1-33(2)26-9-5-6-10-28(26)35(29-13-11-21(34)17-27(29)33)30-14-12-22(38-30)18-25-31(36)23-15-19-7-3-4-8-20(19)16-24(23)32(25)37/h3-18H,1-2H3. The molecule has 7 rings (SSSR count). The van der Waals surface area contributed by atoms with E-state index in [0.29, 0.717) is 11.1 Å². The van der Waals surface area contributed by atoms with Crippen molar-refractivity contribution in [1.29, 1.82) is 0 Å². The maximum absolute atomic E-state index is 14.4. The number of Topliss-reactive ketones (excluding diaryl/α,β-unsaturated/α-hetero) is 2. The molecule has 1 aliphatic heterocycles. The zero-order chi connectivity index (χ0) is 26.2. The first-order valence-electron chi connectivity index (χ1n) is 12.5. The van der Waals surface area contributed by atoms with E-state index in [9.17, 15) is 14.0 Å². The van der Waals surface area contributed by atoms with Gasteiger partial charge >= 0.3 is 0 Å². The Kier molecular flexibility index (Phi) is 4.85. The quantitative estimate of drug-likeness (QED) is 0.174. The number of hydrogen-bond acceptors (Lipinski definition) is 4. The number of ketones is 2. The lowest BCUT2D eigenvalue weighted by Gasteiger charge is -2.41. The molecule has 1 aliphatic carbocycles. The van der Waals surface area contributed by atoms with Gasteiger partial charge in [0.15, 0.2) is 11.6 Å². The van der Waals surface area contributed by atoms with Crippen LogP contribution in [0.25, 0.3) is 16.8 Å². The highest BCUT2D eigenvalue weighted by Crippen LogP contribution is 2.53. The number of rotatable bonds is 2. The number of benzene rings is 4. The molecule has 184 valence electrons. The summed E-state index contributed by atoms with van der Waals surface area (Å²) in [5.41, 5.74) is 4.70. The summed E-state index contributed by atoms with van der Waals surface area (Å²) in [6.45, 7) is 4.23. The van der Waals surface area contributed by atoms with Crippen LogP contribution in [-0.4, -0.2) is 11.6 Å². The van der Waals surface area contributed by atoms with Crippen molar-refractivity contribution in [2.75, 3.05) is 4.90 Å². The van der Waals surface area contributed by atoms with Gasteiger partial charge in [-0.2, -0.15) is 0 Å². The van der Waals surface area contributed by atoms with Gasteiger partial charge in [0, 0.05) is 21.4 Å². The van der Waals surface area contributed by atoms with E-state index in [1.165, 1.54) is 17.4 Å². The van der Waals surface area contributed by atoms with E-state index in [1.807, 2.05) is 66.7 Å². The largest absolute Gasteiger partial charge is 0.301 e. The Morgan fingerprint density at radius 3 is 2.08 bits per heavy atom. The van der Waals surface area contributed by atoms with Gasteiger partial charge in [0.1, 0.15) is 10.8 Å². The third-order valence-corrected chi connectivity index (χ3v) is 8.69. The van der Waals surface area contributed by atoms with Crippen LogP contribution < -0.4 is 4.90 Å². The van der Waals surface area contributed by atoms with E-state index < -0.39 is 0 Å².